The fraction of sp³-hybridized carbons (Fsp3) is 0. The van der Waals surface area contributed by atoms with Crippen LogP contribution in [0.15, 0.2) is 168 Å². The van der Waals surface area contributed by atoms with Gasteiger partial charge in [0.05, 0.1) is 12.4 Å². The van der Waals surface area contributed by atoms with Crippen LogP contribution in [-0.2, 0) is 0 Å². The van der Waals surface area contributed by atoms with Crippen LogP contribution in [0.2, 0.25) is 0 Å². The number of fused-ring (bicyclic) bond motifs is 6. The fourth-order valence-electron chi connectivity index (χ4n) is 6.64. The van der Waals surface area contributed by atoms with Gasteiger partial charge in [0, 0.05) is 42.1 Å². The predicted octanol–water partition coefficient (Wildman–Crippen LogP) is 12.5. The van der Waals surface area contributed by atoms with Crippen molar-refractivity contribution in [3.63, 3.8) is 0 Å². The Balaban J connectivity index is 1.10. The minimum atomic E-state index is -0.425. The molecule has 3 heterocycles. The van der Waals surface area contributed by atoms with Crippen molar-refractivity contribution in [3.8, 4) is 56.4 Å². The van der Waals surface area contributed by atoms with Crippen molar-refractivity contribution in [1.82, 2.24) is 15.0 Å². The SMILES string of the molecule is [2H]c1c([2H])c([2H])c(-c2ccc(-c3nc(-c4ccccc4)nc(-c4cccc5c4oc4cc(-c6cccc7c6sc6ccccc67)ccc45)n3)cc2)c([2H])c1[2H]. The summed E-state index contributed by atoms with van der Waals surface area (Å²) in [6.07, 6.45) is 0. The molecule has 0 aliphatic rings. The zero-order valence-electron chi connectivity index (χ0n) is 31.4. The fourth-order valence-corrected chi connectivity index (χ4v) is 7.88. The van der Waals surface area contributed by atoms with Crippen LogP contribution in [0.5, 0.6) is 0 Å². The number of benzene rings is 7. The molecule has 0 atom stereocenters. The molecule has 4 nitrogen and oxygen atoms in total. The normalized spacial score (nSPS) is 13.0. The molecular weight excluding hydrogens is 631 g/mol. The van der Waals surface area contributed by atoms with Crippen molar-refractivity contribution < 1.29 is 11.3 Å². The van der Waals surface area contributed by atoms with Crippen molar-refractivity contribution in [2.24, 2.45) is 0 Å². The van der Waals surface area contributed by atoms with Gasteiger partial charge in [-0.3, -0.25) is 0 Å². The zero-order valence-corrected chi connectivity index (χ0v) is 27.2. The minimum absolute atomic E-state index is 0.138. The molecule has 7 aromatic carbocycles. The van der Waals surface area contributed by atoms with E-state index in [0.29, 0.717) is 34.2 Å². The summed E-state index contributed by atoms with van der Waals surface area (Å²) in [5, 5.41) is 4.44. The lowest BCUT2D eigenvalue weighted by Gasteiger charge is -2.09. The van der Waals surface area contributed by atoms with Gasteiger partial charge in [-0.05, 0) is 46.5 Å². The first kappa shape index (κ1) is 23.8. The molecule has 0 spiro atoms. The molecule has 0 fully saturated rings. The molecule has 10 aromatic rings. The lowest BCUT2D eigenvalue weighted by Crippen LogP contribution is -2.00. The van der Waals surface area contributed by atoms with Crippen molar-refractivity contribution in [1.29, 1.82) is 0 Å². The van der Waals surface area contributed by atoms with Crippen molar-refractivity contribution in [2.75, 3.05) is 0 Å². The molecule has 50 heavy (non-hydrogen) atoms. The topological polar surface area (TPSA) is 51.8 Å². The van der Waals surface area contributed by atoms with Crippen LogP contribution in [0.4, 0.5) is 0 Å². The van der Waals surface area contributed by atoms with E-state index in [1.54, 1.807) is 35.6 Å². The lowest BCUT2D eigenvalue weighted by molar-refractivity contribution is 0.669. The minimum Gasteiger partial charge on any atom is -0.455 e. The maximum absolute atomic E-state index is 8.44. The average Bonchev–Trinajstić information content (AvgIpc) is 3.81. The maximum Gasteiger partial charge on any atom is 0.167 e. The third kappa shape index (κ3) is 4.79. The van der Waals surface area contributed by atoms with Gasteiger partial charge >= 0.3 is 0 Å². The summed E-state index contributed by atoms with van der Waals surface area (Å²) in [5.74, 6) is 1.35. The summed E-state index contributed by atoms with van der Waals surface area (Å²) in [5.41, 5.74) is 6.51. The van der Waals surface area contributed by atoms with Crippen LogP contribution in [0, 0.1) is 0 Å². The Bertz CT molecular complexity index is 3130. The Morgan fingerprint density at radius 2 is 1.10 bits per heavy atom. The van der Waals surface area contributed by atoms with E-state index in [9.17, 15) is 0 Å². The summed E-state index contributed by atoms with van der Waals surface area (Å²) >= 11 is 1.80. The number of para-hydroxylation sites is 1. The van der Waals surface area contributed by atoms with Gasteiger partial charge in [0.2, 0.25) is 0 Å². The number of rotatable bonds is 5. The van der Waals surface area contributed by atoms with Crippen LogP contribution < -0.4 is 0 Å². The van der Waals surface area contributed by atoms with E-state index in [0.717, 1.165) is 38.6 Å². The Labute approximate surface area is 299 Å². The third-order valence-corrected chi connectivity index (χ3v) is 10.3. The number of hydrogen-bond acceptors (Lipinski definition) is 5. The molecule has 0 saturated carbocycles. The quantitative estimate of drug-likeness (QED) is 0.184. The smallest absolute Gasteiger partial charge is 0.167 e. The van der Waals surface area contributed by atoms with E-state index < -0.39 is 6.04 Å². The summed E-state index contributed by atoms with van der Waals surface area (Å²) in [4.78, 5) is 14.8. The highest BCUT2D eigenvalue weighted by Crippen LogP contribution is 2.42. The molecule has 234 valence electrons. The molecule has 0 amide bonds. The Kier molecular flexibility index (Phi) is 5.54. The van der Waals surface area contributed by atoms with Crippen LogP contribution in [0.25, 0.3) is 98.5 Å². The number of thiophene rings is 1. The second kappa shape index (κ2) is 11.6. The average molecular weight is 663 g/mol. The van der Waals surface area contributed by atoms with E-state index in [-0.39, 0.29) is 29.7 Å². The van der Waals surface area contributed by atoms with E-state index in [4.69, 9.17) is 26.2 Å². The molecule has 3 aromatic heterocycles. The van der Waals surface area contributed by atoms with Crippen molar-refractivity contribution >= 4 is 53.4 Å². The molecule has 0 saturated heterocycles. The van der Waals surface area contributed by atoms with E-state index in [2.05, 4.69) is 66.7 Å². The summed E-state index contributed by atoms with van der Waals surface area (Å²) in [6.45, 7) is 0. The van der Waals surface area contributed by atoms with Crippen molar-refractivity contribution in [3.05, 3.63) is 164 Å². The molecule has 0 aliphatic heterocycles. The number of furan rings is 1. The van der Waals surface area contributed by atoms with E-state index in [1.165, 1.54) is 20.2 Å². The maximum atomic E-state index is 8.44. The molecular formula is C45H27N3OS. The van der Waals surface area contributed by atoms with Crippen LogP contribution in [0.3, 0.4) is 0 Å². The molecule has 0 unspecified atom stereocenters. The third-order valence-electron chi connectivity index (χ3n) is 9.05. The molecule has 0 radical (unpaired) electrons. The first-order valence-corrected chi connectivity index (χ1v) is 17.0. The number of aromatic nitrogens is 3. The van der Waals surface area contributed by atoms with Crippen LogP contribution >= 0.6 is 11.3 Å². The Hall–Kier alpha value is -6.43. The molecule has 5 heteroatoms. The van der Waals surface area contributed by atoms with Gasteiger partial charge in [0.25, 0.3) is 0 Å². The summed E-state index contributed by atoms with van der Waals surface area (Å²) < 4.78 is 50.3. The molecule has 0 aliphatic carbocycles. The number of nitrogens with zero attached hydrogens (tertiary/aromatic N) is 3. The first-order chi connectivity index (χ1) is 26.8. The van der Waals surface area contributed by atoms with E-state index in [1.807, 2.05) is 42.5 Å². The molecule has 10 rings (SSSR count). The van der Waals surface area contributed by atoms with E-state index >= 15 is 0 Å². The number of hydrogen-bond donors (Lipinski definition) is 0. The van der Waals surface area contributed by atoms with Crippen LogP contribution in [0.1, 0.15) is 6.85 Å². The molecule has 0 bridgehead atoms. The highest BCUT2D eigenvalue weighted by Gasteiger charge is 2.19. The highest BCUT2D eigenvalue weighted by atomic mass is 32.1. The largest absolute Gasteiger partial charge is 0.455 e. The monoisotopic (exact) mass is 662 g/mol. The Morgan fingerprint density at radius 1 is 0.460 bits per heavy atom. The van der Waals surface area contributed by atoms with Gasteiger partial charge in [0.1, 0.15) is 11.2 Å². The Morgan fingerprint density at radius 3 is 1.92 bits per heavy atom. The first-order valence-electron chi connectivity index (χ1n) is 18.7. The summed E-state index contributed by atoms with van der Waals surface area (Å²) in [7, 11) is 0. The van der Waals surface area contributed by atoms with Gasteiger partial charge < -0.3 is 4.42 Å². The second-order valence-corrected chi connectivity index (χ2v) is 13.1. The zero-order chi connectivity index (χ0) is 37.4. The van der Waals surface area contributed by atoms with Gasteiger partial charge in [-0.1, -0.05) is 139 Å². The van der Waals surface area contributed by atoms with Gasteiger partial charge in [0.15, 0.2) is 17.5 Å². The standard InChI is InChI=1S/C45H27N3OS/c1-3-11-28(12-4-1)29-21-23-31(24-22-29)44-46-43(30-13-5-2-6-14-30)47-45(48-44)38-19-10-17-36-34-26-25-32(27-39(34)49-41(36)38)33-16-9-18-37-35-15-7-8-20-40(35)50-42(33)37/h1-27H/i1D,3D,4D,11D,12D. The summed E-state index contributed by atoms with van der Waals surface area (Å²) in [6, 6.07) is 42.4. The molecule has 0 N–H and O–H groups in total. The van der Waals surface area contributed by atoms with Crippen LogP contribution in [-0.4, -0.2) is 15.0 Å². The second-order valence-electron chi connectivity index (χ2n) is 12.0. The van der Waals surface area contributed by atoms with Crippen molar-refractivity contribution in [2.45, 2.75) is 0 Å². The van der Waals surface area contributed by atoms with Gasteiger partial charge in [-0.15, -0.1) is 11.3 Å². The van der Waals surface area contributed by atoms with Gasteiger partial charge in [-0.2, -0.15) is 0 Å². The van der Waals surface area contributed by atoms with Gasteiger partial charge in [-0.25, -0.2) is 15.0 Å². The predicted molar refractivity (Wildman–Crippen MR) is 207 cm³/mol. The lowest BCUT2D eigenvalue weighted by atomic mass is 10.0. The highest BCUT2D eigenvalue weighted by molar-refractivity contribution is 7.26.